The van der Waals surface area contributed by atoms with Crippen LogP contribution >= 0.6 is 0 Å². The molecule has 0 spiro atoms. The molecule has 1 heterocycles. The minimum atomic E-state index is -0.780. The van der Waals surface area contributed by atoms with E-state index in [0.717, 1.165) is 25.9 Å². The van der Waals surface area contributed by atoms with Crippen molar-refractivity contribution < 1.29 is 19.2 Å². The van der Waals surface area contributed by atoms with Gasteiger partial charge in [0.05, 0.1) is 11.5 Å². The van der Waals surface area contributed by atoms with Gasteiger partial charge in [-0.3, -0.25) is 10.1 Å². The van der Waals surface area contributed by atoms with Gasteiger partial charge in [-0.25, -0.2) is 4.79 Å². The Balaban J connectivity index is 1.77. The molecule has 7 nitrogen and oxygen atoms in total. The first-order valence-corrected chi connectivity index (χ1v) is 6.82. The molecule has 1 aliphatic heterocycles. The van der Waals surface area contributed by atoms with Crippen molar-refractivity contribution in [3.8, 4) is 5.75 Å². The molecule has 0 bridgehead atoms. The van der Waals surface area contributed by atoms with Crippen molar-refractivity contribution in [2.75, 3.05) is 26.7 Å². The van der Waals surface area contributed by atoms with E-state index in [0.29, 0.717) is 12.5 Å². The molecular formula is C14H18N2O5. The van der Waals surface area contributed by atoms with Crippen LogP contribution in [-0.2, 0) is 4.74 Å². The van der Waals surface area contributed by atoms with E-state index in [4.69, 9.17) is 9.47 Å². The van der Waals surface area contributed by atoms with Crippen molar-refractivity contribution in [3.05, 3.63) is 34.4 Å². The fourth-order valence-corrected chi connectivity index (χ4v) is 2.36. The van der Waals surface area contributed by atoms with Crippen LogP contribution in [0.3, 0.4) is 0 Å². The number of piperidine rings is 1. The van der Waals surface area contributed by atoms with Gasteiger partial charge in [0.15, 0.2) is 0 Å². The van der Waals surface area contributed by atoms with Gasteiger partial charge in [-0.05, 0) is 38.6 Å². The van der Waals surface area contributed by atoms with Crippen molar-refractivity contribution in [2.45, 2.75) is 12.8 Å². The number of carbonyl (C=O) groups is 1. The molecule has 1 aromatic rings. The lowest BCUT2D eigenvalue weighted by Gasteiger charge is -2.28. The molecule has 1 fully saturated rings. The molecule has 0 saturated carbocycles. The second kappa shape index (κ2) is 7.03. The van der Waals surface area contributed by atoms with Gasteiger partial charge in [0.25, 0.3) is 5.69 Å². The second-order valence-electron chi connectivity index (χ2n) is 5.18. The lowest BCUT2D eigenvalue weighted by Crippen LogP contribution is -2.34. The highest BCUT2D eigenvalue weighted by atomic mass is 16.7. The minimum absolute atomic E-state index is 0.0547. The van der Waals surface area contributed by atoms with Gasteiger partial charge >= 0.3 is 6.16 Å². The van der Waals surface area contributed by atoms with Crippen LogP contribution in [0.25, 0.3) is 0 Å². The topological polar surface area (TPSA) is 81.9 Å². The number of benzene rings is 1. The number of ether oxygens (including phenoxy) is 2. The van der Waals surface area contributed by atoms with Crippen LogP contribution in [0.5, 0.6) is 5.75 Å². The van der Waals surface area contributed by atoms with Gasteiger partial charge in [-0.2, -0.15) is 0 Å². The van der Waals surface area contributed by atoms with E-state index in [1.165, 1.54) is 24.3 Å². The predicted molar refractivity (Wildman–Crippen MR) is 75.3 cm³/mol. The number of likely N-dealkylation sites (tertiary alicyclic amines) is 1. The Kier molecular flexibility index (Phi) is 5.10. The van der Waals surface area contributed by atoms with Gasteiger partial charge in [0.1, 0.15) is 5.75 Å². The second-order valence-corrected chi connectivity index (χ2v) is 5.18. The van der Waals surface area contributed by atoms with E-state index in [-0.39, 0.29) is 11.4 Å². The number of nitro groups is 1. The number of rotatable bonds is 4. The normalized spacial score (nSPS) is 19.0. The van der Waals surface area contributed by atoms with Crippen molar-refractivity contribution in [2.24, 2.45) is 5.92 Å². The monoisotopic (exact) mass is 294 g/mol. The summed E-state index contributed by atoms with van der Waals surface area (Å²) in [5.74, 6) is 0.555. The van der Waals surface area contributed by atoms with E-state index < -0.39 is 11.1 Å². The lowest BCUT2D eigenvalue weighted by atomic mass is 10.00. The Bertz CT molecular complexity index is 503. The third-order valence-corrected chi connectivity index (χ3v) is 3.41. The molecule has 0 aliphatic carbocycles. The largest absolute Gasteiger partial charge is 0.513 e. The van der Waals surface area contributed by atoms with Crippen LogP contribution < -0.4 is 4.74 Å². The summed E-state index contributed by atoms with van der Waals surface area (Å²) in [5.41, 5.74) is -0.0547. The van der Waals surface area contributed by atoms with E-state index in [9.17, 15) is 14.9 Å². The first kappa shape index (κ1) is 15.2. The number of hydrogen-bond donors (Lipinski definition) is 0. The predicted octanol–water partition coefficient (Wildman–Crippen LogP) is 2.45. The van der Waals surface area contributed by atoms with Crippen LogP contribution in [0.15, 0.2) is 24.3 Å². The van der Waals surface area contributed by atoms with E-state index in [1.807, 2.05) is 7.05 Å². The quantitative estimate of drug-likeness (QED) is 0.367. The van der Waals surface area contributed by atoms with Crippen molar-refractivity contribution in [1.29, 1.82) is 0 Å². The van der Waals surface area contributed by atoms with Gasteiger partial charge < -0.3 is 14.4 Å². The van der Waals surface area contributed by atoms with Crippen LogP contribution in [-0.4, -0.2) is 42.7 Å². The summed E-state index contributed by atoms with van der Waals surface area (Å²) in [6, 6.07) is 5.29. The van der Waals surface area contributed by atoms with E-state index in [2.05, 4.69) is 4.90 Å². The molecule has 1 aliphatic rings. The summed E-state index contributed by atoms with van der Waals surface area (Å²) in [6.45, 7) is 2.31. The highest BCUT2D eigenvalue weighted by Crippen LogP contribution is 2.19. The maximum absolute atomic E-state index is 11.6. The lowest BCUT2D eigenvalue weighted by molar-refractivity contribution is -0.384. The molecule has 1 aromatic carbocycles. The molecule has 21 heavy (non-hydrogen) atoms. The Morgan fingerprint density at radius 1 is 1.43 bits per heavy atom. The zero-order valence-corrected chi connectivity index (χ0v) is 11.9. The SMILES string of the molecule is CN1CCCC(COC(=O)Oc2ccc([N+](=O)[O-])cc2)C1. The molecule has 0 N–H and O–H groups in total. The van der Waals surface area contributed by atoms with Crippen molar-refractivity contribution >= 4 is 11.8 Å². The summed E-state index contributed by atoms with van der Waals surface area (Å²) < 4.78 is 10.1. The zero-order valence-electron chi connectivity index (χ0n) is 11.9. The van der Waals surface area contributed by atoms with Crippen molar-refractivity contribution in [1.82, 2.24) is 4.90 Å². The van der Waals surface area contributed by atoms with Gasteiger partial charge in [0.2, 0.25) is 0 Å². The average molecular weight is 294 g/mol. The standard InChI is InChI=1S/C14H18N2O5/c1-15-8-2-3-11(9-15)10-20-14(17)21-13-6-4-12(5-7-13)16(18)19/h4-7,11H,2-3,8-10H2,1H3. The number of carbonyl (C=O) groups excluding carboxylic acids is 1. The molecule has 114 valence electrons. The average Bonchev–Trinajstić information content (AvgIpc) is 2.46. The molecule has 0 radical (unpaired) electrons. The minimum Gasteiger partial charge on any atom is -0.434 e. The molecule has 2 rings (SSSR count). The third-order valence-electron chi connectivity index (χ3n) is 3.41. The molecule has 7 heteroatoms. The summed E-state index contributed by atoms with van der Waals surface area (Å²) in [4.78, 5) is 23.8. The number of hydrogen-bond acceptors (Lipinski definition) is 6. The Morgan fingerprint density at radius 3 is 2.76 bits per heavy atom. The Morgan fingerprint density at radius 2 is 2.14 bits per heavy atom. The highest BCUT2D eigenvalue weighted by molar-refractivity contribution is 5.64. The maximum Gasteiger partial charge on any atom is 0.513 e. The first-order valence-electron chi connectivity index (χ1n) is 6.82. The van der Waals surface area contributed by atoms with Crippen LogP contribution in [0.4, 0.5) is 10.5 Å². The summed E-state index contributed by atoms with van der Waals surface area (Å²) in [7, 11) is 2.04. The fraction of sp³-hybridized carbons (Fsp3) is 0.500. The third kappa shape index (κ3) is 4.71. The summed E-state index contributed by atoms with van der Waals surface area (Å²) in [5, 5.41) is 10.5. The van der Waals surface area contributed by atoms with E-state index in [1.54, 1.807) is 0 Å². The number of non-ortho nitro benzene ring substituents is 1. The molecule has 0 aromatic heterocycles. The van der Waals surface area contributed by atoms with Gasteiger partial charge in [-0.1, -0.05) is 0 Å². The molecular weight excluding hydrogens is 276 g/mol. The number of nitro benzene ring substituents is 1. The molecule has 1 atom stereocenters. The smallest absolute Gasteiger partial charge is 0.434 e. The van der Waals surface area contributed by atoms with Crippen LogP contribution in [0.2, 0.25) is 0 Å². The first-order chi connectivity index (χ1) is 10.0. The maximum atomic E-state index is 11.6. The Hall–Kier alpha value is -2.15. The van der Waals surface area contributed by atoms with E-state index >= 15 is 0 Å². The summed E-state index contributed by atoms with van der Waals surface area (Å²) >= 11 is 0. The van der Waals surface area contributed by atoms with Crippen LogP contribution in [0, 0.1) is 16.0 Å². The van der Waals surface area contributed by atoms with Crippen molar-refractivity contribution in [3.63, 3.8) is 0 Å². The number of nitrogens with zero attached hydrogens (tertiary/aromatic N) is 2. The molecule has 0 amide bonds. The van der Waals surface area contributed by atoms with Gasteiger partial charge in [-0.15, -0.1) is 0 Å². The summed E-state index contributed by atoms with van der Waals surface area (Å²) in [6.07, 6.45) is 1.36. The molecule has 1 saturated heterocycles. The van der Waals surface area contributed by atoms with Crippen LogP contribution in [0.1, 0.15) is 12.8 Å². The Labute approximate surface area is 122 Å². The molecule has 1 unspecified atom stereocenters. The fourth-order valence-electron chi connectivity index (χ4n) is 2.36. The zero-order chi connectivity index (χ0) is 15.2. The van der Waals surface area contributed by atoms with Gasteiger partial charge in [0, 0.05) is 24.6 Å². The highest BCUT2D eigenvalue weighted by Gasteiger charge is 2.19.